The van der Waals surface area contributed by atoms with Gasteiger partial charge in [-0.2, -0.15) is 5.10 Å². The van der Waals surface area contributed by atoms with Crippen molar-refractivity contribution in [2.24, 2.45) is 0 Å². The van der Waals surface area contributed by atoms with Crippen LogP contribution in [0, 0.1) is 5.82 Å². The number of para-hydroxylation sites is 1. The molecule has 1 aromatic carbocycles. The van der Waals surface area contributed by atoms with Gasteiger partial charge in [0.25, 0.3) is 0 Å². The standard InChI is InChI=1S/C24H27FN8O4S/c1-14(22-26-12-16(25)13-27-22)15(2)38(34,35)31-24-29-28-23(18-11-17-7-6-10-32(17)30-18)33(24)21-19(36-3)8-5-9-20(21)37-4/h5,8-9,11-15H,6-7,10H2,1-4H3,(H,29,31). The number of halogens is 1. The Morgan fingerprint density at radius 2 is 1.76 bits per heavy atom. The van der Waals surface area contributed by atoms with E-state index in [0.717, 1.165) is 37.5 Å². The smallest absolute Gasteiger partial charge is 0.243 e. The highest BCUT2D eigenvalue weighted by Gasteiger charge is 2.33. The number of fused-ring (bicyclic) bond motifs is 1. The van der Waals surface area contributed by atoms with Crippen LogP contribution in [-0.2, 0) is 23.0 Å². The molecular formula is C24H27FN8O4S. The van der Waals surface area contributed by atoms with E-state index in [1.54, 1.807) is 25.1 Å². The van der Waals surface area contributed by atoms with Gasteiger partial charge in [-0.25, -0.2) is 22.8 Å². The Morgan fingerprint density at radius 1 is 1.08 bits per heavy atom. The molecule has 0 amide bonds. The van der Waals surface area contributed by atoms with Crippen molar-refractivity contribution in [2.75, 3.05) is 18.9 Å². The summed E-state index contributed by atoms with van der Waals surface area (Å²) < 4.78 is 57.6. The van der Waals surface area contributed by atoms with E-state index >= 15 is 0 Å². The Labute approximate surface area is 218 Å². The van der Waals surface area contributed by atoms with Crippen LogP contribution in [0.1, 0.15) is 37.7 Å². The highest BCUT2D eigenvalue weighted by Crippen LogP contribution is 2.38. The van der Waals surface area contributed by atoms with Crippen LogP contribution < -0.4 is 14.2 Å². The molecule has 200 valence electrons. The quantitative estimate of drug-likeness (QED) is 0.338. The normalized spacial score (nSPS) is 14.7. The van der Waals surface area contributed by atoms with E-state index in [4.69, 9.17) is 9.47 Å². The first-order valence-electron chi connectivity index (χ1n) is 12.0. The van der Waals surface area contributed by atoms with Crippen molar-refractivity contribution in [1.82, 2.24) is 34.5 Å². The molecule has 4 heterocycles. The van der Waals surface area contributed by atoms with E-state index < -0.39 is 27.0 Å². The number of aryl methyl sites for hydroxylation is 2. The van der Waals surface area contributed by atoms with Gasteiger partial charge in [0.2, 0.25) is 16.0 Å². The van der Waals surface area contributed by atoms with Crippen molar-refractivity contribution in [3.05, 3.63) is 54.0 Å². The molecule has 2 atom stereocenters. The van der Waals surface area contributed by atoms with E-state index in [2.05, 4.69) is 30.0 Å². The van der Waals surface area contributed by atoms with Gasteiger partial charge in [0.05, 0.1) is 31.9 Å². The van der Waals surface area contributed by atoms with Crippen LogP contribution in [-0.4, -0.2) is 62.4 Å². The molecule has 0 spiro atoms. The fourth-order valence-electron chi connectivity index (χ4n) is 4.41. The van der Waals surface area contributed by atoms with Crippen molar-refractivity contribution < 1.29 is 22.3 Å². The molecule has 0 radical (unpaired) electrons. The maximum Gasteiger partial charge on any atom is 0.243 e. The first-order chi connectivity index (χ1) is 18.2. The zero-order valence-electron chi connectivity index (χ0n) is 21.3. The first kappa shape index (κ1) is 25.6. The fourth-order valence-corrected chi connectivity index (χ4v) is 5.64. The predicted molar refractivity (Wildman–Crippen MR) is 136 cm³/mol. The SMILES string of the molecule is COc1cccc(OC)c1-n1c(NS(=O)(=O)C(C)C(C)c2ncc(F)cn2)nnc1-c1cc2n(n1)CCC2. The summed E-state index contributed by atoms with van der Waals surface area (Å²) in [6.07, 6.45) is 3.91. The Bertz CT molecular complexity index is 1520. The Balaban J connectivity index is 1.60. The molecule has 12 nitrogen and oxygen atoms in total. The van der Waals surface area contributed by atoms with E-state index in [1.165, 1.54) is 25.7 Å². The van der Waals surface area contributed by atoms with Crippen molar-refractivity contribution in [2.45, 2.75) is 44.4 Å². The number of benzene rings is 1. The van der Waals surface area contributed by atoms with E-state index in [0.29, 0.717) is 28.7 Å². The fraction of sp³-hybridized carbons (Fsp3) is 0.375. The Hall–Kier alpha value is -4.07. The zero-order valence-corrected chi connectivity index (χ0v) is 22.1. The highest BCUT2D eigenvalue weighted by atomic mass is 32.2. The third kappa shape index (κ3) is 4.55. The van der Waals surface area contributed by atoms with Crippen LogP contribution in [0.5, 0.6) is 11.5 Å². The summed E-state index contributed by atoms with van der Waals surface area (Å²) in [4.78, 5) is 7.89. The second-order valence-corrected chi connectivity index (χ2v) is 11.0. The van der Waals surface area contributed by atoms with Crippen LogP contribution in [0.4, 0.5) is 10.3 Å². The van der Waals surface area contributed by atoms with Gasteiger partial charge in [0, 0.05) is 18.2 Å². The van der Waals surface area contributed by atoms with Gasteiger partial charge >= 0.3 is 0 Å². The second kappa shape index (κ2) is 10.0. The lowest BCUT2D eigenvalue weighted by Gasteiger charge is -2.21. The molecule has 38 heavy (non-hydrogen) atoms. The molecule has 0 bridgehead atoms. The maximum absolute atomic E-state index is 13.5. The summed E-state index contributed by atoms with van der Waals surface area (Å²) in [7, 11) is -1.05. The minimum Gasteiger partial charge on any atom is -0.494 e. The van der Waals surface area contributed by atoms with Gasteiger partial charge in [0.15, 0.2) is 11.6 Å². The molecule has 4 aromatic rings. The monoisotopic (exact) mass is 542 g/mol. The average Bonchev–Trinajstić information content (AvgIpc) is 3.62. The molecule has 0 saturated heterocycles. The molecule has 1 aliphatic rings. The van der Waals surface area contributed by atoms with Gasteiger partial charge in [0.1, 0.15) is 28.7 Å². The summed E-state index contributed by atoms with van der Waals surface area (Å²) in [5.41, 5.74) is 2.00. The number of hydrogen-bond donors (Lipinski definition) is 1. The van der Waals surface area contributed by atoms with E-state index in [9.17, 15) is 12.8 Å². The Morgan fingerprint density at radius 3 is 2.39 bits per heavy atom. The summed E-state index contributed by atoms with van der Waals surface area (Å²) in [6, 6.07) is 7.13. The van der Waals surface area contributed by atoms with Crippen LogP contribution >= 0.6 is 0 Å². The highest BCUT2D eigenvalue weighted by molar-refractivity contribution is 7.93. The van der Waals surface area contributed by atoms with Gasteiger partial charge in [-0.1, -0.05) is 13.0 Å². The predicted octanol–water partition coefficient (Wildman–Crippen LogP) is 2.96. The number of nitrogens with one attached hydrogen (secondary N) is 1. The van der Waals surface area contributed by atoms with Crippen LogP contribution in [0.2, 0.25) is 0 Å². The average molecular weight is 543 g/mol. The largest absolute Gasteiger partial charge is 0.494 e. The molecule has 5 rings (SSSR count). The third-order valence-electron chi connectivity index (χ3n) is 6.66. The van der Waals surface area contributed by atoms with Crippen LogP contribution in [0.15, 0.2) is 36.7 Å². The molecule has 0 aliphatic carbocycles. The first-order valence-corrected chi connectivity index (χ1v) is 13.5. The van der Waals surface area contributed by atoms with Gasteiger partial charge in [-0.3, -0.25) is 14.0 Å². The summed E-state index contributed by atoms with van der Waals surface area (Å²) in [5, 5.41) is 12.2. The maximum atomic E-state index is 13.5. The topological polar surface area (TPSA) is 139 Å². The molecule has 1 N–H and O–H groups in total. The van der Waals surface area contributed by atoms with Crippen LogP contribution in [0.25, 0.3) is 17.2 Å². The minimum atomic E-state index is -4.06. The molecule has 0 saturated carbocycles. The number of hydrogen-bond acceptors (Lipinski definition) is 9. The molecule has 0 fully saturated rings. The Kier molecular flexibility index (Phi) is 6.73. The number of anilines is 1. The van der Waals surface area contributed by atoms with Crippen LogP contribution in [0.3, 0.4) is 0 Å². The summed E-state index contributed by atoms with van der Waals surface area (Å²) in [6.45, 7) is 3.97. The number of methoxy groups -OCH3 is 2. The van der Waals surface area contributed by atoms with E-state index in [-0.39, 0.29) is 11.8 Å². The lowest BCUT2D eigenvalue weighted by atomic mass is 10.1. The zero-order chi connectivity index (χ0) is 27.0. The minimum absolute atomic E-state index is 0.0740. The number of ether oxygens (including phenoxy) is 2. The third-order valence-corrected chi connectivity index (χ3v) is 8.51. The molecular weight excluding hydrogens is 515 g/mol. The molecule has 2 unspecified atom stereocenters. The lowest BCUT2D eigenvalue weighted by Crippen LogP contribution is -2.31. The number of nitrogens with zero attached hydrogens (tertiary/aromatic N) is 7. The molecule has 3 aromatic heterocycles. The number of aromatic nitrogens is 7. The lowest BCUT2D eigenvalue weighted by molar-refractivity contribution is 0.391. The summed E-state index contributed by atoms with van der Waals surface area (Å²) >= 11 is 0. The number of sulfonamides is 1. The molecule has 14 heteroatoms. The van der Waals surface area contributed by atoms with Crippen molar-refractivity contribution >= 4 is 16.0 Å². The molecule has 1 aliphatic heterocycles. The van der Waals surface area contributed by atoms with Gasteiger partial charge < -0.3 is 9.47 Å². The van der Waals surface area contributed by atoms with Crippen molar-refractivity contribution in [1.29, 1.82) is 0 Å². The van der Waals surface area contributed by atoms with Crippen molar-refractivity contribution in [3.8, 4) is 28.7 Å². The van der Waals surface area contributed by atoms with E-state index in [1.807, 2.05) is 10.7 Å². The summed E-state index contributed by atoms with van der Waals surface area (Å²) in [5.74, 6) is 0.0138. The second-order valence-electron chi connectivity index (χ2n) is 8.94. The number of rotatable bonds is 9. The van der Waals surface area contributed by atoms with Gasteiger partial charge in [-0.05, 0) is 38.0 Å². The van der Waals surface area contributed by atoms with Crippen molar-refractivity contribution in [3.63, 3.8) is 0 Å². The van der Waals surface area contributed by atoms with Gasteiger partial charge in [-0.15, -0.1) is 10.2 Å².